The highest BCUT2D eigenvalue weighted by Crippen LogP contribution is 2.28. The van der Waals surface area contributed by atoms with Gasteiger partial charge in [0.25, 0.3) is 0 Å². The molecule has 0 unspecified atom stereocenters. The summed E-state index contributed by atoms with van der Waals surface area (Å²) in [7, 11) is 0. The number of hydrogen-bond acceptors (Lipinski definition) is 6. The third-order valence-corrected chi connectivity index (χ3v) is 6.56. The van der Waals surface area contributed by atoms with E-state index in [0.717, 1.165) is 48.2 Å². The lowest BCUT2D eigenvalue weighted by molar-refractivity contribution is -0.134. The highest BCUT2D eigenvalue weighted by atomic mass is 32.2. The molecular formula is C21H28N4O3S. The first-order chi connectivity index (χ1) is 14.0. The van der Waals surface area contributed by atoms with E-state index in [-0.39, 0.29) is 12.2 Å². The second-order valence-electron chi connectivity index (χ2n) is 7.77. The lowest BCUT2D eigenvalue weighted by Gasteiger charge is -2.33. The van der Waals surface area contributed by atoms with E-state index in [0.29, 0.717) is 24.9 Å². The number of rotatable bonds is 5. The first-order valence-electron chi connectivity index (χ1n) is 10.2. The zero-order chi connectivity index (χ0) is 20.4. The largest absolute Gasteiger partial charge is 0.350 e. The topological polar surface area (TPSA) is 69.5 Å². The van der Waals surface area contributed by atoms with E-state index in [9.17, 15) is 4.79 Å². The van der Waals surface area contributed by atoms with Gasteiger partial charge in [-0.05, 0) is 50.8 Å². The Kier molecular flexibility index (Phi) is 6.22. The van der Waals surface area contributed by atoms with Crippen LogP contribution in [0.4, 0.5) is 0 Å². The number of aryl methyl sites for hydroxylation is 3. The minimum atomic E-state index is -0.0827. The molecule has 2 saturated heterocycles. The summed E-state index contributed by atoms with van der Waals surface area (Å²) >= 11 is 1.45. The van der Waals surface area contributed by atoms with Crippen LogP contribution in [0.1, 0.15) is 29.8 Å². The average Bonchev–Trinajstić information content (AvgIpc) is 3.38. The summed E-state index contributed by atoms with van der Waals surface area (Å²) < 4.78 is 13.3. The summed E-state index contributed by atoms with van der Waals surface area (Å²) in [6.07, 6.45) is 1.78. The van der Waals surface area contributed by atoms with Gasteiger partial charge in [-0.3, -0.25) is 9.36 Å². The van der Waals surface area contributed by atoms with Crippen molar-refractivity contribution in [3.8, 4) is 5.69 Å². The molecule has 8 heteroatoms. The first kappa shape index (κ1) is 20.4. The van der Waals surface area contributed by atoms with E-state index in [2.05, 4.69) is 42.2 Å². The molecule has 156 valence electrons. The van der Waals surface area contributed by atoms with Gasteiger partial charge in [-0.15, -0.1) is 10.2 Å². The van der Waals surface area contributed by atoms with Gasteiger partial charge in [0.1, 0.15) is 5.82 Å². The van der Waals surface area contributed by atoms with Crippen LogP contribution in [0.15, 0.2) is 23.4 Å². The summed E-state index contributed by atoms with van der Waals surface area (Å²) in [5, 5.41) is 9.32. The molecule has 0 N–H and O–H groups in total. The summed E-state index contributed by atoms with van der Waals surface area (Å²) in [4.78, 5) is 14.7. The van der Waals surface area contributed by atoms with Crippen LogP contribution in [0, 0.1) is 26.7 Å². The minimum Gasteiger partial charge on any atom is -0.350 e. The molecule has 2 aromatic rings. The third kappa shape index (κ3) is 4.49. The molecule has 0 bridgehead atoms. The summed E-state index contributed by atoms with van der Waals surface area (Å²) in [5.74, 6) is 1.73. The molecule has 0 spiro atoms. The van der Waals surface area contributed by atoms with Crippen LogP contribution < -0.4 is 0 Å². The van der Waals surface area contributed by atoms with Crippen molar-refractivity contribution in [1.82, 2.24) is 19.7 Å². The maximum absolute atomic E-state index is 12.8. The fraction of sp³-hybridized carbons (Fsp3) is 0.571. The highest BCUT2D eigenvalue weighted by Gasteiger charge is 2.31. The second kappa shape index (κ2) is 8.85. The number of hydrogen-bond donors (Lipinski definition) is 0. The third-order valence-electron chi connectivity index (χ3n) is 5.65. The van der Waals surface area contributed by atoms with Gasteiger partial charge in [0.15, 0.2) is 11.4 Å². The molecule has 2 aliphatic heterocycles. The fourth-order valence-corrected chi connectivity index (χ4v) is 4.85. The number of carbonyl (C=O) groups excluding carboxylic acids is 1. The fourth-order valence-electron chi connectivity index (χ4n) is 3.96. The average molecular weight is 417 g/mol. The van der Waals surface area contributed by atoms with Crippen LogP contribution in [-0.2, 0) is 14.3 Å². The van der Waals surface area contributed by atoms with Crippen molar-refractivity contribution in [3.05, 3.63) is 35.2 Å². The Morgan fingerprint density at radius 3 is 2.59 bits per heavy atom. The Bertz CT molecular complexity index is 871. The maximum Gasteiger partial charge on any atom is 0.233 e. The molecule has 3 heterocycles. The van der Waals surface area contributed by atoms with E-state index >= 15 is 0 Å². The van der Waals surface area contributed by atoms with Crippen molar-refractivity contribution in [2.24, 2.45) is 5.92 Å². The number of piperidine rings is 1. The van der Waals surface area contributed by atoms with Crippen LogP contribution in [0.25, 0.3) is 5.69 Å². The Labute approximate surface area is 175 Å². The standard InChI is InChI=1S/C21H28N4O3S/c1-14-4-5-15(2)18(12-14)25-16(3)22-23-21(25)29-13-19(26)24-8-6-17(7-9-24)20-27-10-11-28-20/h4-5,12,17,20H,6-11,13H2,1-3H3. The van der Waals surface area contributed by atoms with Crippen molar-refractivity contribution < 1.29 is 14.3 Å². The number of benzene rings is 1. The molecule has 1 aromatic heterocycles. The number of ether oxygens (including phenoxy) is 2. The second-order valence-corrected chi connectivity index (χ2v) is 8.71. The molecule has 1 aromatic carbocycles. The van der Waals surface area contributed by atoms with E-state index in [1.165, 1.54) is 17.3 Å². The lowest BCUT2D eigenvalue weighted by atomic mass is 9.96. The number of carbonyl (C=O) groups is 1. The van der Waals surface area contributed by atoms with Crippen molar-refractivity contribution in [3.63, 3.8) is 0 Å². The summed E-state index contributed by atoms with van der Waals surface area (Å²) in [6.45, 7) is 8.98. The Balaban J connectivity index is 1.37. The highest BCUT2D eigenvalue weighted by molar-refractivity contribution is 7.99. The molecule has 0 radical (unpaired) electrons. The molecule has 7 nitrogen and oxygen atoms in total. The first-order valence-corrected chi connectivity index (χ1v) is 11.1. The van der Waals surface area contributed by atoms with E-state index in [4.69, 9.17) is 9.47 Å². The molecule has 4 rings (SSSR count). The maximum atomic E-state index is 12.8. The van der Waals surface area contributed by atoms with Gasteiger partial charge < -0.3 is 14.4 Å². The van der Waals surface area contributed by atoms with E-state index < -0.39 is 0 Å². The zero-order valence-corrected chi connectivity index (χ0v) is 18.1. The van der Waals surface area contributed by atoms with Crippen molar-refractivity contribution in [1.29, 1.82) is 0 Å². The number of thioether (sulfide) groups is 1. The normalized spacial score (nSPS) is 18.5. The Hall–Kier alpha value is -1.90. The zero-order valence-electron chi connectivity index (χ0n) is 17.3. The summed E-state index contributed by atoms with van der Waals surface area (Å²) in [5.41, 5.74) is 3.41. The van der Waals surface area contributed by atoms with Gasteiger partial charge in [0.2, 0.25) is 5.91 Å². The van der Waals surface area contributed by atoms with Crippen molar-refractivity contribution in [2.45, 2.75) is 45.1 Å². The van der Waals surface area contributed by atoms with E-state index in [1.807, 2.05) is 16.4 Å². The smallest absolute Gasteiger partial charge is 0.233 e. The van der Waals surface area contributed by atoms with Crippen molar-refractivity contribution >= 4 is 17.7 Å². The molecule has 0 atom stereocenters. The molecule has 2 aliphatic rings. The lowest BCUT2D eigenvalue weighted by Crippen LogP contribution is -2.42. The number of likely N-dealkylation sites (tertiary alicyclic amines) is 1. The quantitative estimate of drug-likeness (QED) is 0.698. The van der Waals surface area contributed by atoms with Gasteiger partial charge in [-0.25, -0.2) is 0 Å². The number of aromatic nitrogens is 3. The molecule has 1 amide bonds. The minimum absolute atomic E-state index is 0.0827. The predicted molar refractivity (Wildman–Crippen MR) is 111 cm³/mol. The summed E-state index contributed by atoms with van der Waals surface area (Å²) in [6, 6.07) is 6.33. The Morgan fingerprint density at radius 1 is 1.14 bits per heavy atom. The number of nitrogens with zero attached hydrogens (tertiary/aromatic N) is 4. The van der Waals surface area contributed by atoms with Crippen LogP contribution in [0.2, 0.25) is 0 Å². The van der Waals surface area contributed by atoms with Gasteiger partial charge in [0.05, 0.1) is 24.7 Å². The van der Waals surface area contributed by atoms with Crippen molar-refractivity contribution in [2.75, 3.05) is 32.1 Å². The van der Waals surface area contributed by atoms with Gasteiger partial charge >= 0.3 is 0 Å². The number of amides is 1. The molecular weight excluding hydrogens is 388 g/mol. The van der Waals surface area contributed by atoms with Crippen LogP contribution in [-0.4, -0.2) is 63.9 Å². The SMILES string of the molecule is Cc1ccc(C)c(-n2c(C)nnc2SCC(=O)N2CCC(C3OCCO3)CC2)c1. The van der Waals surface area contributed by atoms with Gasteiger partial charge in [-0.1, -0.05) is 23.9 Å². The van der Waals surface area contributed by atoms with Gasteiger partial charge in [0, 0.05) is 19.0 Å². The molecule has 29 heavy (non-hydrogen) atoms. The monoisotopic (exact) mass is 416 g/mol. The van der Waals surface area contributed by atoms with Crippen LogP contribution in [0.5, 0.6) is 0 Å². The van der Waals surface area contributed by atoms with Crippen LogP contribution >= 0.6 is 11.8 Å². The predicted octanol–water partition coefficient (Wildman–Crippen LogP) is 2.90. The molecule has 0 saturated carbocycles. The Morgan fingerprint density at radius 2 is 1.86 bits per heavy atom. The molecule has 2 fully saturated rings. The van der Waals surface area contributed by atoms with Crippen LogP contribution in [0.3, 0.4) is 0 Å². The van der Waals surface area contributed by atoms with Gasteiger partial charge in [-0.2, -0.15) is 0 Å². The van der Waals surface area contributed by atoms with E-state index in [1.54, 1.807) is 0 Å². The molecule has 0 aliphatic carbocycles.